The average molecular weight is 257 g/mol. The lowest BCUT2D eigenvalue weighted by Crippen LogP contribution is -2.45. The van der Waals surface area contributed by atoms with E-state index in [-0.39, 0.29) is 18.1 Å². The highest BCUT2D eigenvalue weighted by Gasteiger charge is 2.29. The Morgan fingerprint density at radius 2 is 2.38 bits per heavy atom. The van der Waals surface area contributed by atoms with Gasteiger partial charge in [0.15, 0.2) is 0 Å². The van der Waals surface area contributed by atoms with Crippen LogP contribution in [0.15, 0.2) is 11.4 Å². The summed E-state index contributed by atoms with van der Waals surface area (Å²) in [6, 6.07) is 2.23. The molecule has 2 rings (SSSR count). The molecule has 0 aromatic carbocycles. The van der Waals surface area contributed by atoms with Crippen LogP contribution in [0.5, 0.6) is 0 Å². The van der Waals surface area contributed by atoms with E-state index in [2.05, 4.69) is 23.7 Å². The molecule has 0 amide bonds. The van der Waals surface area contributed by atoms with Crippen LogP contribution in [-0.2, 0) is 9.53 Å². The highest BCUT2D eigenvalue weighted by atomic mass is 32.2. The van der Waals surface area contributed by atoms with E-state index < -0.39 is 0 Å². The summed E-state index contributed by atoms with van der Waals surface area (Å²) in [5.74, 6) is 1.66. The van der Waals surface area contributed by atoms with Crippen molar-refractivity contribution in [3.8, 4) is 0 Å². The van der Waals surface area contributed by atoms with Crippen molar-refractivity contribution in [2.24, 2.45) is 0 Å². The number of hydrogen-bond donors (Lipinski definition) is 1. The molecule has 1 aliphatic rings. The molecule has 2 heterocycles. The lowest BCUT2D eigenvalue weighted by atomic mass is 10.1. The normalized spacial score (nSPS) is 25.4. The van der Waals surface area contributed by atoms with Crippen LogP contribution < -0.4 is 5.32 Å². The zero-order chi connectivity index (χ0) is 11.5. The van der Waals surface area contributed by atoms with E-state index in [9.17, 15) is 4.79 Å². The number of methoxy groups -OCH3 is 1. The molecule has 2 unspecified atom stereocenters. The molecule has 0 bridgehead atoms. The van der Waals surface area contributed by atoms with Gasteiger partial charge in [-0.3, -0.25) is 10.1 Å². The largest absolute Gasteiger partial charge is 0.468 e. The van der Waals surface area contributed by atoms with Gasteiger partial charge in [0.1, 0.15) is 6.04 Å². The molecule has 2 atom stereocenters. The predicted molar refractivity (Wildman–Crippen MR) is 68.1 cm³/mol. The molecule has 0 radical (unpaired) electrons. The van der Waals surface area contributed by atoms with Crippen LogP contribution in [0.4, 0.5) is 0 Å². The Bertz CT molecular complexity index is 378. The van der Waals surface area contributed by atoms with Gasteiger partial charge in [-0.25, -0.2) is 0 Å². The topological polar surface area (TPSA) is 38.3 Å². The van der Waals surface area contributed by atoms with Crippen LogP contribution in [0.1, 0.15) is 16.5 Å². The number of carbonyl (C=O) groups excluding carboxylic acids is 1. The Hall–Kier alpha value is -0.520. The summed E-state index contributed by atoms with van der Waals surface area (Å²) in [7, 11) is 1.44. The van der Waals surface area contributed by atoms with Gasteiger partial charge >= 0.3 is 5.97 Å². The van der Waals surface area contributed by atoms with E-state index in [0.29, 0.717) is 0 Å². The maximum absolute atomic E-state index is 11.5. The molecule has 1 N–H and O–H groups in total. The van der Waals surface area contributed by atoms with Gasteiger partial charge in [-0.15, -0.1) is 11.3 Å². The number of esters is 1. The Balaban J connectivity index is 2.07. The van der Waals surface area contributed by atoms with Crippen LogP contribution in [0.2, 0.25) is 0 Å². The van der Waals surface area contributed by atoms with Gasteiger partial charge in [-0.1, -0.05) is 0 Å². The maximum Gasteiger partial charge on any atom is 0.323 e. The molecule has 1 aliphatic heterocycles. The number of aryl methyl sites for hydroxylation is 1. The molecule has 0 aliphatic carbocycles. The standard InChI is InChI=1S/C11H15NO2S2/c1-7-3-4-16-10(7)8-5-15-6-9(12-8)11(13)14-2/h3-4,8-9,12H,5-6H2,1-2H3. The Morgan fingerprint density at radius 1 is 1.56 bits per heavy atom. The molecule has 88 valence electrons. The van der Waals surface area contributed by atoms with E-state index in [1.54, 1.807) is 23.1 Å². The van der Waals surface area contributed by atoms with Crippen LogP contribution in [0.3, 0.4) is 0 Å². The zero-order valence-electron chi connectivity index (χ0n) is 9.36. The summed E-state index contributed by atoms with van der Waals surface area (Å²) in [5.41, 5.74) is 1.30. The van der Waals surface area contributed by atoms with Gasteiger partial charge in [0.25, 0.3) is 0 Å². The van der Waals surface area contributed by atoms with Crippen LogP contribution >= 0.6 is 23.1 Å². The van der Waals surface area contributed by atoms with E-state index in [1.165, 1.54) is 17.6 Å². The zero-order valence-corrected chi connectivity index (χ0v) is 11.0. The number of nitrogens with one attached hydrogen (secondary N) is 1. The van der Waals surface area contributed by atoms with E-state index >= 15 is 0 Å². The van der Waals surface area contributed by atoms with Crippen LogP contribution in [0.25, 0.3) is 0 Å². The Kier molecular flexibility index (Phi) is 3.89. The van der Waals surface area contributed by atoms with Crippen LogP contribution in [-0.4, -0.2) is 30.6 Å². The van der Waals surface area contributed by atoms with E-state index in [1.807, 2.05) is 0 Å². The summed E-state index contributed by atoms with van der Waals surface area (Å²) in [6.07, 6.45) is 0. The molecular formula is C11H15NO2S2. The summed E-state index contributed by atoms with van der Waals surface area (Å²) < 4.78 is 4.77. The Labute approximate surface area is 104 Å². The highest BCUT2D eigenvalue weighted by molar-refractivity contribution is 7.99. The van der Waals surface area contributed by atoms with Crippen molar-refractivity contribution in [2.45, 2.75) is 19.0 Å². The first-order valence-electron chi connectivity index (χ1n) is 5.18. The second-order valence-corrected chi connectivity index (χ2v) is 5.82. The van der Waals surface area contributed by atoms with Crippen molar-refractivity contribution in [3.63, 3.8) is 0 Å². The molecule has 0 spiro atoms. The van der Waals surface area contributed by atoms with Crippen molar-refractivity contribution in [1.82, 2.24) is 5.32 Å². The maximum atomic E-state index is 11.5. The molecule has 1 aromatic rings. The number of ether oxygens (including phenoxy) is 1. The van der Waals surface area contributed by atoms with Crippen molar-refractivity contribution >= 4 is 29.1 Å². The van der Waals surface area contributed by atoms with E-state index in [4.69, 9.17) is 4.74 Å². The average Bonchev–Trinajstić information content (AvgIpc) is 2.74. The fourth-order valence-corrected chi connectivity index (χ4v) is 4.01. The summed E-state index contributed by atoms with van der Waals surface area (Å²) >= 11 is 3.55. The third kappa shape index (κ3) is 2.42. The van der Waals surface area contributed by atoms with Gasteiger partial charge in [-0.05, 0) is 23.9 Å². The fraction of sp³-hybridized carbons (Fsp3) is 0.545. The third-order valence-electron chi connectivity index (χ3n) is 2.68. The number of carbonyl (C=O) groups is 1. The first-order valence-corrected chi connectivity index (χ1v) is 7.21. The number of thioether (sulfide) groups is 1. The summed E-state index contributed by atoms with van der Waals surface area (Å²) in [6.45, 7) is 2.11. The lowest BCUT2D eigenvalue weighted by molar-refractivity contribution is -0.142. The van der Waals surface area contributed by atoms with Crippen molar-refractivity contribution < 1.29 is 9.53 Å². The first kappa shape index (κ1) is 12.0. The molecule has 1 aromatic heterocycles. The van der Waals surface area contributed by atoms with Gasteiger partial charge < -0.3 is 4.74 Å². The molecule has 3 nitrogen and oxygen atoms in total. The lowest BCUT2D eigenvalue weighted by Gasteiger charge is -2.28. The second kappa shape index (κ2) is 5.21. The third-order valence-corrected chi connectivity index (χ3v) is 4.95. The molecule has 0 saturated carbocycles. The van der Waals surface area contributed by atoms with Crippen molar-refractivity contribution in [3.05, 3.63) is 21.9 Å². The van der Waals surface area contributed by atoms with Crippen molar-refractivity contribution in [1.29, 1.82) is 0 Å². The first-order chi connectivity index (χ1) is 7.72. The molecule has 16 heavy (non-hydrogen) atoms. The SMILES string of the molecule is COC(=O)C1CSCC(c2sccc2C)N1. The highest BCUT2D eigenvalue weighted by Crippen LogP contribution is 2.30. The number of thiophene rings is 1. The second-order valence-electron chi connectivity index (χ2n) is 3.80. The molecule has 5 heteroatoms. The minimum absolute atomic E-state index is 0.161. The minimum atomic E-state index is -0.171. The monoisotopic (exact) mass is 257 g/mol. The number of hydrogen-bond acceptors (Lipinski definition) is 5. The fourth-order valence-electron chi connectivity index (χ4n) is 1.81. The van der Waals surface area contributed by atoms with Gasteiger partial charge in [0.2, 0.25) is 0 Å². The summed E-state index contributed by atoms with van der Waals surface area (Å²) in [5, 5.41) is 5.46. The van der Waals surface area contributed by atoms with Gasteiger partial charge in [-0.2, -0.15) is 11.8 Å². The number of rotatable bonds is 2. The molecule has 1 fully saturated rings. The van der Waals surface area contributed by atoms with Crippen molar-refractivity contribution in [2.75, 3.05) is 18.6 Å². The minimum Gasteiger partial charge on any atom is -0.468 e. The molecular weight excluding hydrogens is 242 g/mol. The van der Waals surface area contributed by atoms with Gasteiger partial charge in [0.05, 0.1) is 13.2 Å². The van der Waals surface area contributed by atoms with Gasteiger partial charge in [0, 0.05) is 16.4 Å². The van der Waals surface area contributed by atoms with Crippen LogP contribution in [0, 0.1) is 6.92 Å². The smallest absolute Gasteiger partial charge is 0.323 e. The molecule has 1 saturated heterocycles. The Morgan fingerprint density at radius 3 is 3.00 bits per heavy atom. The summed E-state index contributed by atoms with van der Waals surface area (Å²) in [4.78, 5) is 12.8. The quantitative estimate of drug-likeness (QED) is 0.822. The predicted octanol–water partition coefficient (Wildman–Crippen LogP) is 1.98. The van der Waals surface area contributed by atoms with E-state index in [0.717, 1.165) is 11.5 Å².